The molecule has 0 aromatic heterocycles. The number of carbonyl (C=O) groups excluding carboxylic acids is 4. The van der Waals surface area contributed by atoms with Crippen LogP contribution in [0.1, 0.15) is 0 Å². The molecule has 17 heteroatoms. The van der Waals surface area contributed by atoms with Crippen molar-refractivity contribution in [2.24, 2.45) is 0 Å². The Balaban J connectivity index is 1.91. The Morgan fingerprint density at radius 3 is 1.51 bits per heavy atom. The molecule has 0 saturated carbocycles. The van der Waals surface area contributed by atoms with Crippen LogP contribution >= 0.6 is 0 Å². The molecule has 0 bridgehead atoms. The molecule has 0 saturated heterocycles. The van der Waals surface area contributed by atoms with E-state index in [9.17, 15) is 45.5 Å². The maximum Gasteiger partial charge on any atom is 0.545 e. The van der Waals surface area contributed by atoms with Gasteiger partial charge in [0.25, 0.3) is 6.41 Å². The number of hydroxylamine groups is 1. The summed E-state index contributed by atoms with van der Waals surface area (Å²) in [5.74, 6) is -2.43. The fraction of sp³-hybridized carbons (Fsp3) is 0.111. The van der Waals surface area contributed by atoms with Gasteiger partial charge in [-0.15, -0.1) is 23.2 Å². The Hall–Kier alpha value is -4.54. The first-order chi connectivity index (χ1) is 16.3. The summed E-state index contributed by atoms with van der Waals surface area (Å²) in [6.07, 6.45) is -11.0. The van der Waals surface area contributed by atoms with Crippen molar-refractivity contribution < 1.29 is 50.4 Å². The second kappa shape index (κ2) is 11.1. The second-order valence-corrected chi connectivity index (χ2v) is 6.20. The summed E-state index contributed by atoms with van der Waals surface area (Å²) < 4.78 is 73.7. The Bertz CT molecular complexity index is 1050. The quantitative estimate of drug-likeness (QED) is 0.232. The van der Waals surface area contributed by atoms with Gasteiger partial charge in [0.05, 0.1) is 11.4 Å². The normalized spacial score (nSPS) is 11.1. The van der Waals surface area contributed by atoms with Crippen LogP contribution in [-0.2, 0) is 19.2 Å². The van der Waals surface area contributed by atoms with Gasteiger partial charge in [-0.1, -0.05) is 0 Å². The fourth-order valence-corrected chi connectivity index (χ4v) is 2.26. The number of hydrazine groups is 2. The molecule has 0 heterocycles. The van der Waals surface area contributed by atoms with E-state index in [1.54, 1.807) is 0 Å². The number of imide groups is 1. The molecule has 11 nitrogen and oxygen atoms in total. The molecule has 4 N–H and O–H groups in total. The molecule has 2 rings (SSSR count). The van der Waals surface area contributed by atoms with E-state index in [1.807, 2.05) is 10.9 Å². The highest BCUT2D eigenvalue weighted by atomic mass is 19.4. The van der Waals surface area contributed by atoms with Crippen molar-refractivity contribution in [3.05, 3.63) is 48.5 Å². The zero-order chi connectivity index (χ0) is 26.2. The van der Waals surface area contributed by atoms with Gasteiger partial charge in [0.2, 0.25) is 6.41 Å². The van der Waals surface area contributed by atoms with Crippen molar-refractivity contribution in [3.63, 3.8) is 0 Å². The molecule has 188 valence electrons. The van der Waals surface area contributed by atoms with E-state index < -0.39 is 24.5 Å². The zero-order valence-electron chi connectivity index (χ0n) is 17.0. The molecule has 0 radical (unpaired) electrons. The van der Waals surface area contributed by atoms with Crippen molar-refractivity contribution in [3.8, 4) is 0 Å². The zero-order valence-corrected chi connectivity index (χ0v) is 17.0. The molecular formula is C18H14F6N6O5. The molecule has 2 aromatic carbocycles. The van der Waals surface area contributed by atoms with Gasteiger partial charge < -0.3 is 10.6 Å². The van der Waals surface area contributed by atoms with Crippen molar-refractivity contribution in [2.45, 2.75) is 12.5 Å². The van der Waals surface area contributed by atoms with Crippen LogP contribution < -0.4 is 21.5 Å². The third-order valence-electron chi connectivity index (χ3n) is 3.64. The predicted octanol–water partition coefficient (Wildman–Crippen LogP) is 3.44. The summed E-state index contributed by atoms with van der Waals surface area (Å²) in [4.78, 5) is 47.9. The lowest BCUT2D eigenvalue weighted by atomic mass is 10.3. The number of anilines is 4. The Labute approximate surface area is 191 Å². The first-order valence-electron chi connectivity index (χ1n) is 8.98. The van der Waals surface area contributed by atoms with Crippen LogP contribution in [0.25, 0.3) is 0 Å². The first kappa shape index (κ1) is 26.7. The highest BCUT2D eigenvalue weighted by Gasteiger charge is 2.43. The SMILES string of the molecule is O=CN(Nc1ccc(NC(=O)Nc2ccc(NN(C=O)C(=O)C(F)(F)F)cc2)cc1)OC(F)(F)F. The molecule has 0 aliphatic heterocycles. The van der Waals surface area contributed by atoms with E-state index in [0.717, 1.165) is 0 Å². The highest BCUT2D eigenvalue weighted by Crippen LogP contribution is 2.21. The number of alkyl halides is 6. The van der Waals surface area contributed by atoms with Gasteiger partial charge in [-0.2, -0.15) is 18.2 Å². The molecule has 0 spiro atoms. The van der Waals surface area contributed by atoms with Crippen LogP contribution in [0.5, 0.6) is 0 Å². The van der Waals surface area contributed by atoms with Gasteiger partial charge in [-0.05, 0) is 48.5 Å². The third kappa shape index (κ3) is 8.72. The first-order valence-corrected chi connectivity index (χ1v) is 8.98. The smallest absolute Gasteiger partial charge is 0.308 e. The van der Waals surface area contributed by atoms with Gasteiger partial charge in [0, 0.05) is 11.4 Å². The van der Waals surface area contributed by atoms with E-state index in [1.165, 1.54) is 48.5 Å². The number of halogens is 6. The number of hydrogen-bond donors (Lipinski definition) is 4. The van der Waals surface area contributed by atoms with E-state index in [0.29, 0.717) is 0 Å². The van der Waals surface area contributed by atoms with Crippen LogP contribution in [0.15, 0.2) is 48.5 Å². The molecular weight excluding hydrogens is 494 g/mol. The minimum absolute atomic E-state index is 0.0174. The molecule has 0 fully saturated rings. The number of hydrogen-bond acceptors (Lipinski definition) is 7. The van der Waals surface area contributed by atoms with Crippen molar-refractivity contribution in [1.82, 2.24) is 10.2 Å². The fourth-order valence-electron chi connectivity index (χ4n) is 2.26. The topological polar surface area (TPSA) is 132 Å². The second-order valence-electron chi connectivity index (χ2n) is 6.20. The average molecular weight is 508 g/mol. The molecule has 35 heavy (non-hydrogen) atoms. The lowest BCUT2D eigenvalue weighted by Gasteiger charge is -2.19. The number of carbonyl (C=O) groups is 4. The number of nitrogens with zero attached hydrogens (tertiary/aromatic N) is 2. The minimum atomic E-state index is -5.27. The van der Waals surface area contributed by atoms with E-state index in [2.05, 4.69) is 15.5 Å². The van der Waals surface area contributed by atoms with Crippen molar-refractivity contribution >= 4 is 47.5 Å². The summed E-state index contributed by atoms with van der Waals surface area (Å²) in [5.41, 5.74) is 4.31. The van der Waals surface area contributed by atoms with Gasteiger partial charge in [-0.25, -0.2) is 4.79 Å². The molecule has 0 atom stereocenters. The lowest BCUT2D eigenvalue weighted by Crippen LogP contribution is -2.43. The van der Waals surface area contributed by atoms with Gasteiger partial charge in [0.1, 0.15) is 0 Å². The Morgan fingerprint density at radius 2 is 1.14 bits per heavy atom. The van der Waals surface area contributed by atoms with Crippen LogP contribution in [0.4, 0.5) is 53.9 Å². The van der Waals surface area contributed by atoms with Gasteiger partial charge in [-0.3, -0.25) is 25.2 Å². The van der Waals surface area contributed by atoms with Crippen LogP contribution in [0, 0.1) is 0 Å². The van der Waals surface area contributed by atoms with Crippen LogP contribution in [-0.4, -0.2) is 47.5 Å². The molecule has 2 aromatic rings. The standard InChI is InChI=1S/C18H14F6N6O5/c19-17(20,21)15(33)29(9-31)27-13-5-1-11(2-6-13)25-16(34)26-12-3-7-14(8-4-12)28-30(10-32)35-18(22,23)24/h1-10,27-28H,(H2,25,26,34). The molecule has 0 unspecified atom stereocenters. The average Bonchev–Trinajstić information content (AvgIpc) is 2.77. The summed E-state index contributed by atoms with van der Waals surface area (Å²) in [7, 11) is 0. The van der Waals surface area contributed by atoms with Crippen LogP contribution in [0.3, 0.4) is 0 Å². The summed E-state index contributed by atoms with van der Waals surface area (Å²) in [5, 5.41) is 4.29. The van der Waals surface area contributed by atoms with E-state index in [4.69, 9.17) is 0 Å². The van der Waals surface area contributed by atoms with Gasteiger partial charge >= 0.3 is 24.5 Å². The Morgan fingerprint density at radius 1 is 0.714 bits per heavy atom. The van der Waals surface area contributed by atoms with Crippen LogP contribution in [0.2, 0.25) is 0 Å². The van der Waals surface area contributed by atoms with Crippen molar-refractivity contribution in [2.75, 3.05) is 21.5 Å². The summed E-state index contributed by atoms with van der Waals surface area (Å²) in [6.45, 7) is 0. The van der Waals surface area contributed by atoms with E-state index in [-0.39, 0.29) is 45.8 Å². The van der Waals surface area contributed by atoms with E-state index >= 15 is 0 Å². The lowest BCUT2D eigenvalue weighted by molar-refractivity contribution is -0.394. The third-order valence-corrected chi connectivity index (χ3v) is 3.64. The molecule has 0 aliphatic carbocycles. The number of benzene rings is 2. The number of nitrogens with one attached hydrogen (secondary N) is 4. The van der Waals surface area contributed by atoms with Crippen molar-refractivity contribution in [1.29, 1.82) is 0 Å². The largest absolute Gasteiger partial charge is 0.545 e. The maximum atomic E-state index is 12.4. The monoisotopic (exact) mass is 508 g/mol. The Kier molecular flexibility index (Phi) is 8.44. The number of urea groups is 1. The van der Waals surface area contributed by atoms with Gasteiger partial charge in [0.15, 0.2) is 0 Å². The molecule has 0 aliphatic rings. The number of rotatable bonds is 9. The number of amides is 5. The maximum absolute atomic E-state index is 12.4. The predicted molar refractivity (Wildman–Crippen MR) is 107 cm³/mol. The highest BCUT2D eigenvalue weighted by molar-refractivity contribution is 6.00. The summed E-state index contributed by atoms with van der Waals surface area (Å²) in [6, 6.07) is 9.14. The minimum Gasteiger partial charge on any atom is -0.308 e. The molecule has 5 amide bonds. The summed E-state index contributed by atoms with van der Waals surface area (Å²) >= 11 is 0.